The molecule has 5 nitrogen and oxygen atoms in total. The van der Waals surface area contributed by atoms with Crippen LogP contribution in [0.4, 0.5) is 5.69 Å². The molecule has 26 heavy (non-hydrogen) atoms. The maximum absolute atomic E-state index is 13.1. The molecule has 0 aromatic heterocycles. The van der Waals surface area contributed by atoms with E-state index in [9.17, 15) is 14.7 Å². The number of ketones is 2. The fourth-order valence-electron chi connectivity index (χ4n) is 3.14. The van der Waals surface area contributed by atoms with E-state index in [0.717, 1.165) is 5.69 Å². The summed E-state index contributed by atoms with van der Waals surface area (Å²) in [6.45, 7) is 0.0393. The van der Waals surface area contributed by atoms with E-state index in [-0.39, 0.29) is 18.0 Å². The van der Waals surface area contributed by atoms with Gasteiger partial charge in [-0.1, -0.05) is 48.5 Å². The Morgan fingerprint density at radius 3 is 2.23 bits per heavy atom. The van der Waals surface area contributed by atoms with Crippen molar-refractivity contribution in [3.63, 3.8) is 0 Å². The second-order valence-electron chi connectivity index (χ2n) is 6.22. The Morgan fingerprint density at radius 2 is 1.62 bits per heavy atom. The van der Waals surface area contributed by atoms with Crippen molar-refractivity contribution in [2.75, 3.05) is 18.1 Å². The van der Waals surface area contributed by atoms with Gasteiger partial charge in [-0.3, -0.25) is 9.59 Å². The number of carbonyl (C=O) groups excluding carboxylic acids is 2. The molecule has 3 rings (SSSR count). The third-order valence-electron chi connectivity index (χ3n) is 4.43. The molecule has 2 aromatic rings. The molecule has 0 aliphatic carbocycles. The van der Waals surface area contributed by atoms with Gasteiger partial charge < -0.3 is 15.1 Å². The summed E-state index contributed by atoms with van der Waals surface area (Å²) in [5.41, 5.74) is 2.13. The van der Waals surface area contributed by atoms with Crippen LogP contribution in [0.5, 0.6) is 0 Å². The molecule has 5 heteroatoms. The van der Waals surface area contributed by atoms with Gasteiger partial charge in [-0.25, -0.2) is 0 Å². The first-order chi connectivity index (χ1) is 12.6. The molecule has 2 N–H and O–H groups in total. The Kier molecular flexibility index (Phi) is 5.61. The van der Waals surface area contributed by atoms with Crippen molar-refractivity contribution in [3.05, 3.63) is 77.5 Å². The van der Waals surface area contributed by atoms with Crippen LogP contribution in [0, 0.1) is 0 Å². The highest BCUT2D eigenvalue weighted by molar-refractivity contribution is 6.16. The summed E-state index contributed by atoms with van der Waals surface area (Å²) >= 11 is 0. The third-order valence-corrected chi connectivity index (χ3v) is 4.43. The van der Waals surface area contributed by atoms with E-state index < -0.39 is 12.7 Å². The van der Waals surface area contributed by atoms with E-state index in [2.05, 4.69) is 0 Å². The average Bonchev–Trinajstić information content (AvgIpc) is 3.13. The van der Waals surface area contributed by atoms with Crippen LogP contribution in [-0.4, -0.2) is 41.0 Å². The lowest BCUT2D eigenvalue weighted by Crippen LogP contribution is -2.25. The first kappa shape index (κ1) is 18.0. The van der Waals surface area contributed by atoms with Gasteiger partial charge >= 0.3 is 0 Å². The van der Waals surface area contributed by atoms with Gasteiger partial charge in [0.25, 0.3) is 0 Å². The average molecular weight is 351 g/mol. The highest BCUT2D eigenvalue weighted by Crippen LogP contribution is 2.32. The van der Waals surface area contributed by atoms with Gasteiger partial charge in [-0.05, 0) is 18.6 Å². The van der Waals surface area contributed by atoms with Crippen LogP contribution in [0.3, 0.4) is 0 Å². The zero-order chi connectivity index (χ0) is 18.5. The summed E-state index contributed by atoms with van der Waals surface area (Å²) in [4.78, 5) is 27.6. The molecular formula is C21H21NO4. The zero-order valence-electron chi connectivity index (χ0n) is 14.3. The minimum Gasteiger partial charge on any atom is -0.394 e. The summed E-state index contributed by atoms with van der Waals surface area (Å²) in [5, 5.41) is 18.6. The van der Waals surface area contributed by atoms with Crippen molar-refractivity contribution in [2.45, 2.75) is 18.9 Å². The van der Waals surface area contributed by atoms with Gasteiger partial charge in [0.05, 0.1) is 18.4 Å². The molecule has 0 spiro atoms. The number of carbonyl (C=O) groups is 2. The van der Waals surface area contributed by atoms with Gasteiger partial charge in [0.15, 0.2) is 5.78 Å². The molecule has 0 fully saturated rings. The lowest BCUT2D eigenvalue weighted by molar-refractivity contribution is -0.118. The highest BCUT2D eigenvalue weighted by Gasteiger charge is 2.33. The topological polar surface area (TPSA) is 77.8 Å². The molecule has 134 valence electrons. The van der Waals surface area contributed by atoms with E-state index >= 15 is 0 Å². The number of aliphatic hydroxyl groups is 2. The number of benzene rings is 2. The molecule has 1 atom stereocenters. The second kappa shape index (κ2) is 8.08. The number of Topliss-reactive ketones (excluding diaryl/α,β-unsaturated/α-hetero) is 2. The number of allylic oxidation sites excluding steroid dienone is 1. The summed E-state index contributed by atoms with van der Waals surface area (Å²) < 4.78 is 0. The summed E-state index contributed by atoms with van der Waals surface area (Å²) in [7, 11) is 0. The highest BCUT2D eigenvalue weighted by atomic mass is 16.3. The maximum atomic E-state index is 13.1. The molecule has 1 aliphatic heterocycles. The molecule has 1 heterocycles. The first-order valence-electron chi connectivity index (χ1n) is 8.59. The predicted molar refractivity (Wildman–Crippen MR) is 98.9 cm³/mol. The molecule has 0 saturated carbocycles. The van der Waals surface area contributed by atoms with Crippen LogP contribution in [-0.2, 0) is 4.79 Å². The van der Waals surface area contributed by atoms with Gasteiger partial charge in [0.2, 0.25) is 5.78 Å². The van der Waals surface area contributed by atoms with Gasteiger partial charge in [0, 0.05) is 29.8 Å². The van der Waals surface area contributed by atoms with Gasteiger partial charge in [0.1, 0.15) is 0 Å². The second-order valence-corrected chi connectivity index (χ2v) is 6.22. The summed E-state index contributed by atoms with van der Waals surface area (Å²) in [6, 6.07) is 18.3. The smallest absolute Gasteiger partial charge is 0.209 e. The van der Waals surface area contributed by atoms with E-state index in [1.165, 1.54) is 0 Å². The number of para-hydroxylation sites is 1. The van der Waals surface area contributed by atoms with Crippen LogP contribution < -0.4 is 4.90 Å². The van der Waals surface area contributed by atoms with Crippen LogP contribution in [0.2, 0.25) is 0 Å². The molecule has 0 bridgehead atoms. The van der Waals surface area contributed by atoms with E-state index in [0.29, 0.717) is 29.8 Å². The molecular weight excluding hydrogens is 330 g/mol. The molecule has 1 unspecified atom stereocenters. The van der Waals surface area contributed by atoms with Crippen LogP contribution in [0.15, 0.2) is 71.9 Å². The third kappa shape index (κ3) is 3.74. The largest absolute Gasteiger partial charge is 0.394 e. The number of rotatable bonds is 7. The molecule has 2 aromatic carbocycles. The minimum absolute atomic E-state index is 0.194. The van der Waals surface area contributed by atoms with E-state index in [1.807, 2.05) is 41.3 Å². The van der Waals surface area contributed by atoms with Crippen molar-refractivity contribution in [2.24, 2.45) is 0 Å². The molecule has 1 aliphatic rings. The molecule has 0 saturated heterocycles. The van der Waals surface area contributed by atoms with E-state index in [1.54, 1.807) is 24.3 Å². The number of hydrogen-bond acceptors (Lipinski definition) is 5. The Bertz CT molecular complexity index is 814. The quantitative estimate of drug-likeness (QED) is 0.749. The standard InChI is InChI=1S/C21H21NO4/c23-14-17(24)13-19(25)18-11-12-22(16-9-5-2-6-10-16)20(18)21(26)15-7-3-1-4-8-15/h1-10,17,23-24H,11-14H2. The van der Waals surface area contributed by atoms with Gasteiger partial charge in [-0.2, -0.15) is 0 Å². The Morgan fingerprint density at radius 1 is 1.00 bits per heavy atom. The first-order valence-corrected chi connectivity index (χ1v) is 8.59. The Labute approximate surface area is 152 Å². The number of hydrogen-bond donors (Lipinski definition) is 2. The monoisotopic (exact) mass is 351 g/mol. The molecule has 0 radical (unpaired) electrons. The SMILES string of the molecule is O=C(CC(O)CO)C1=C(C(=O)c2ccccc2)N(c2ccccc2)CC1. The fourth-order valence-corrected chi connectivity index (χ4v) is 3.14. The predicted octanol–water partition coefficient (Wildman–Crippen LogP) is 2.35. The van der Waals surface area contributed by atoms with Crippen molar-refractivity contribution < 1.29 is 19.8 Å². The summed E-state index contributed by atoms with van der Waals surface area (Å²) in [6.07, 6.45) is -0.881. The van der Waals surface area contributed by atoms with Crippen LogP contribution in [0.25, 0.3) is 0 Å². The normalized spacial score (nSPS) is 15.2. The van der Waals surface area contributed by atoms with Crippen LogP contribution in [0.1, 0.15) is 23.2 Å². The Balaban J connectivity index is 2.02. The number of aliphatic hydroxyl groups excluding tert-OH is 2. The van der Waals surface area contributed by atoms with Crippen molar-refractivity contribution >= 4 is 17.3 Å². The Hall–Kier alpha value is -2.76. The lowest BCUT2D eigenvalue weighted by Gasteiger charge is -2.22. The molecule has 0 amide bonds. The van der Waals surface area contributed by atoms with Crippen molar-refractivity contribution in [3.8, 4) is 0 Å². The zero-order valence-corrected chi connectivity index (χ0v) is 14.3. The maximum Gasteiger partial charge on any atom is 0.209 e. The van der Waals surface area contributed by atoms with Gasteiger partial charge in [-0.15, -0.1) is 0 Å². The number of nitrogens with zero attached hydrogens (tertiary/aromatic N) is 1. The van der Waals surface area contributed by atoms with E-state index in [4.69, 9.17) is 5.11 Å². The van der Waals surface area contributed by atoms with Crippen molar-refractivity contribution in [1.29, 1.82) is 0 Å². The lowest BCUT2D eigenvalue weighted by atomic mass is 9.98. The minimum atomic E-state index is -1.12. The van der Waals surface area contributed by atoms with Crippen LogP contribution >= 0.6 is 0 Å². The summed E-state index contributed by atoms with van der Waals surface area (Å²) in [5.74, 6) is -0.516. The number of anilines is 1. The van der Waals surface area contributed by atoms with Crippen molar-refractivity contribution in [1.82, 2.24) is 0 Å². The fraction of sp³-hybridized carbons (Fsp3) is 0.238.